The van der Waals surface area contributed by atoms with E-state index in [1.165, 1.54) is 0 Å². The topological polar surface area (TPSA) is 127 Å². The Kier molecular flexibility index (Phi) is 4.26. The Hall–Kier alpha value is -1.36. The molecule has 0 saturated carbocycles. The average molecular weight is 264 g/mol. The van der Waals surface area contributed by atoms with Gasteiger partial charge in [0.2, 0.25) is 10.0 Å². The monoisotopic (exact) mass is 264 g/mol. The summed E-state index contributed by atoms with van der Waals surface area (Å²) in [7, 11) is -4.32. The van der Waals surface area contributed by atoms with E-state index < -0.39 is 39.9 Å². The average Bonchev–Trinajstić information content (AvgIpc) is 1.98. The Bertz CT molecular complexity index is 389. The number of carboxylic acids is 1. The van der Waals surface area contributed by atoms with Gasteiger partial charge in [0, 0.05) is 0 Å². The predicted molar refractivity (Wildman–Crippen MR) is 43.6 cm³/mol. The van der Waals surface area contributed by atoms with Gasteiger partial charge in [0.1, 0.15) is 6.04 Å². The summed E-state index contributed by atoms with van der Waals surface area (Å²) in [5.41, 5.74) is 0. The molecule has 0 saturated heterocycles. The van der Waals surface area contributed by atoms with E-state index in [0.717, 1.165) is 5.32 Å². The highest BCUT2D eigenvalue weighted by Crippen LogP contribution is 2.14. The second kappa shape index (κ2) is 4.65. The number of nitrogens with two attached hydrogens (primary N) is 1. The van der Waals surface area contributed by atoms with Gasteiger partial charge in [0.05, 0.1) is 5.75 Å². The second-order valence-electron chi connectivity index (χ2n) is 2.69. The predicted octanol–water partition coefficient (Wildman–Crippen LogP) is -1.59. The molecule has 0 spiro atoms. The molecule has 0 aromatic heterocycles. The highest BCUT2D eigenvalue weighted by atomic mass is 32.2. The third kappa shape index (κ3) is 5.50. The second-order valence-corrected chi connectivity index (χ2v) is 4.35. The van der Waals surface area contributed by atoms with Gasteiger partial charge >= 0.3 is 18.1 Å². The van der Waals surface area contributed by atoms with E-state index in [1.807, 2.05) is 0 Å². The van der Waals surface area contributed by atoms with E-state index in [9.17, 15) is 31.2 Å². The summed E-state index contributed by atoms with van der Waals surface area (Å²) in [6.07, 6.45) is -5.30. The number of nitrogens with one attached hydrogen (secondary N) is 1. The van der Waals surface area contributed by atoms with Gasteiger partial charge in [-0.1, -0.05) is 0 Å². The summed E-state index contributed by atoms with van der Waals surface area (Å²) in [6.45, 7) is 0. The van der Waals surface area contributed by atoms with Crippen molar-refractivity contribution in [2.45, 2.75) is 12.2 Å². The Labute approximate surface area is 87.5 Å². The number of carboxylic acid groups (broad SMARTS) is 1. The van der Waals surface area contributed by atoms with Gasteiger partial charge in [0.25, 0.3) is 0 Å². The smallest absolute Gasteiger partial charge is 0.471 e. The number of hydrogen-bond acceptors (Lipinski definition) is 4. The van der Waals surface area contributed by atoms with Crippen LogP contribution in [-0.4, -0.2) is 43.4 Å². The molecule has 0 radical (unpaired) electrons. The van der Waals surface area contributed by atoms with Crippen LogP contribution in [0.3, 0.4) is 0 Å². The van der Waals surface area contributed by atoms with E-state index in [-0.39, 0.29) is 0 Å². The molecule has 0 rings (SSSR count). The van der Waals surface area contributed by atoms with Crippen LogP contribution < -0.4 is 10.5 Å². The lowest BCUT2D eigenvalue weighted by Gasteiger charge is -2.14. The van der Waals surface area contributed by atoms with Crippen LogP contribution in [0.5, 0.6) is 0 Å². The molecular formula is C5H7F3N2O5S. The van der Waals surface area contributed by atoms with E-state index in [0.29, 0.717) is 0 Å². The highest BCUT2D eigenvalue weighted by molar-refractivity contribution is 7.89. The molecule has 0 aliphatic carbocycles. The molecule has 0 bridgehead atoms. The van der Waals surface area contributed by atoms with Crippen LogP contribution in [0.1, 0.15) is 0 Å². The van der Waals surface area contributed by atoms with Crippen molar-refractivity contribution in [2.75, 3.05) is 5.75 Å². The Morgan fingerprint density at radius 3 is 2.06 bits per heavy atom. The summed E-state index contributed by atoms with van der Waals surface area (Å²) in [5, 5.41) is 13.8. The van der Waals surface area contributed by atoms with Crippen LogP contribution in [0.25, 0.3) is 0 Å². The molecule has 0 aromatic rings. The molecule has 1 unspecified atom stereocenters. The molecule has 1 amide bonds. The maximum atomic E-state index is 11.7. The van der Waals surface area contributed by atoms with Gasteiger partial charge in [-0.15, -0.1) is 0 Å². The van der Waals surface area contributed by atoms with Crippen LogP contribution >= 0.6 is 0 Å². The number of primary sulfonamides is 1. The maximum absolute atomic E-state index is 11.7. The van der Waals surface area contributed by atoms with Crippen molar-refractivity contribution in [1.29, 1.82) is 0 Å². The van der Waals surface area contributed by atoms with Crippen LogP contribution in [0, 0.1) is 0 Å². The molecule has 0 aromatic carbocycles. The lowest BCUT2D eigenvalue weighted by atomic mass is 10.3. The van der Waals surface area contributed by atoms with Crippen LogP contribution in [0.15, 0.2) is 0 Å². The maximum Gasteiger partial charge on any atom is 0.471 e. The van der Waals surface area contributed by atoms with Crippen molar-refractivity contribution in [1.82, 2.24) is 5.32 Å². The fourth-order valence-electron chi connectivity index (χ4n) is 0.647. The number of carbonyl (C=O) groups is 2. The Morgan fingerprint density at radius 1 is 1.38 bits per heavy atom. The zero-order valence-corrected chi connectivity index (χ0v) is 8.30. The zero-order valence-electron chi connectivity index (χ0n) is 7.48. The fraction of sp³-hybridized carbons (Fsp3) is 0.600. The van der Waals surface area contributed by atoms with Gasteiger partial charge in [-0.25, -0.2) is 18.4 Å². The van der Waals surface area contributed by atoms with Crippen molar-refractivity contribution in [2.24, 2.45) is 5.14 Å². The summed E-state index contributed by atoms with van der Waals surface area (Å²) in [5.74, 6) is -5.82. The van der Waals surface area contributed by atoms with Gasteiger partial charge in [-0.2, -0.15) is 13.2 Å². The standard InChI is InChI=1S/C5H7F3N2O5S/c6-5(7,8)4(13)10-2(3(11)12)1-16(9,14)15/h2H,1H2,(H,10,13)(H,11,12)(H2,9,14,15). The minimum atomic E-state index is -5.30. The van der Waals surface area contributed by atoms with Crippen molar-refractivity contribution in [3.05, 3.63) is 0 Å². The lowest BCUT2D eigenvalue weighted by Crippen LogP contribution is -2.50. The number of hydrogen-bond donors (Lipinski definition) is 3. The quantitative estimate of drug-likeness (QED) is 0.564. The summed E-state index contributed by atoms with van der Waals surface area (Å²) in [4.78, 5) is 20.7. The molecule has 94 valence electrons. The van der Waals surface area contributed by atoms with Gasteiger partial charge < -0.3 is 10.4 Å². The highest BCUT2D eigenvalue weighted by Gasteiger charge is 2.41. The minimum absolute atomic E-state index is 0.990. The van der Waals surface area contributed by atoms with E-state index in [1.54, 1.807) is 0 Å². The van der Waals surface area contributed by atoms with Crippen molar-refractivity contribution in [3.63, 3.8) is 0 Å². The Morgan fingerprint density at radius 2 is 1.81 bits per heavy atom. The minimum Gasteiger partial charge on any atom is -0.480 e. The normalized spacial score (nSPS) is 14.2. The molecule has 0 aliphatic rings. The summed E-state index contributed by atoms with van der Waals surface area (Å²) >= 11 is 0. The number of halogens is 3. The largest absolute Gasteiger partial charge is 0.480 e. The number of aliphatic carboxylic acids is 1. The third-order valence-corrected chi connectivity index (χ3v) is 2.06. The number of rotatable bonds is 4. The number of carbonyl (C=O) groups excluding carboxylic acids is 1. The molecule has 0 heterocycles. The van der Waals surface area contributed by atoms with Crippen molar-refractivity contribution >= 4 is 21.9 Å². The first kappa shape index (κ1) is 14.6. The molecule has 0 fully saturated rings. The van der Waals surface area contributed by atoms with Gasteiger partial charge in [-0.3, -0.25) is 4.79 Å². The van der Waals surface area contributed by atoms with Crippen LogP contribution in [0.2, 0.25) is 0 Å². The first-order valence-corrected chi connectivity index (χ1v) is 5.26. The van der Waals surface area contributed by atoms with E-state index in [2.05, 4.69) is 5.14 Å². The molecule has 16 heavy (non-hydrogen) atoms. The fourth-order valence-corrected chi connectivity index (χ4v) is 1.34. The molecule has 1 atom stereocenters. The SMILES string of the molecule is NS(=O)(=O)CC(NC(=O)C(F)(F)F)C(=O)O. The Balaban J connectivity index is 4.73. The first-order valence-electron chi connectivity index (χ1n) is 3.54. The molecule has 0 aliphatic heterocycles. The number of sulfonamides is 1. The van der Waals surface area contributed by atoms with Crippen LogP contribution in [0.4, 0.5) is 13.2 Å². The zero-order chi connectivity index (χ0) is 13.1. The van der Waals surface area contributed by atoms with Crippen LogP contribution in [-0.2, 0) is 19.6 Å². The van der Waals surface area contributed by atoms with Crippen molar-refractivity contribution < 1.29 is 36.3 Å². The van der Waals surface area contributed by atoms with Crippen molar-refractivity contribution in [3.8, 4) is 0 Å². The molecule has 11 heteroatoms. The van der Waals surface area contributed by atoms with E-state index in [4.69, 9.17) is 5.11 Å². The van der Waals surface area contributed by atoms with Gasteiger partial charge in [-0.05, 0) is 0 Å². The van der Waals surface area contributed by atoms with Gasteiger partial charge in [0.15, 0.2) is 0 Å². The molecular weight excluding hydrogens is 257 g/mol. The summed E-state index contributed by atoms with van der Waals surface area (Å²) in [6, 6.07) is -2.25. The molecule has 7 nitrogen and oxygen atoms in total. The third-order valence-electron chi connectivity index (χ3n) is 1.26. The molecule has 4 N–H and O–H groups in total. The number of amides is 1. The summed E-state index contributed by atoms with van der Waals surface area (Å²) < 4.78 is 56.1. The number of alkyl halides is 3. The first-order chi connectivity index (χ1) is 6.93. The van der Waals surface area contributed by atoms with E-state index >= 15 is 0 Å². The lowest BCUT2D eigenvalue weighted by molar-refractivity contribution is -0.175.